The van der Waals surface area contributed by atoms with Crippen molar-refractivity contribution < 1.29 is 9.47 Å². The van der Waals surface area contributed by atoms with E-state index in [1.807, 2.05) is 11.3 Å². The van der Waals surface area contributed by atoms with E-state index >= 15 is 0 Å². The second kappa shape index (κ2) is 7.39. The second-order valence-corrected chi connectivity index (χ2v) is 6.79. The highest BCUT2D eigenvalue weighted by Crippen LogP contribution is 2.23. The van der Waals surface area contributed by atoms with Crippen molar-refractivity contribution in [2.75, 3.05) is 13.2 Å². The minimum atomic E-state index is 0.380. The molecule has 0 bridgehead atoms. The maximum atomic E-state index is 6.00. The monoisotopic (exact) mass is 283 g/mol. The number of nitrogens with one attached hydrogen (secondary N) is 1. The van der Waals surface area contributed by atoms with E-state index in [-0.39, 0.29) is 0 Å². The van der Waals surface area contributed by atoms with Crippen LogP contribution >= 0.6 is 11.3 Å². The van der Waals surface area contributed by atoms with Crippen molar-refractivity contribution in [1.29, 1.82) is 0 Å². The number of ether oxygens (including phenoxy) is 2. The van der Waals surface area contributed by atoms with Gasteiger partial charge in [0.1, 0.15) is 0 Å². The molecule has 3 nitrogen and oxygen atoms in total. The Hall–Kier alpha value is -0.420. The molecule has 1 aromatic heterocycles. The Bertz CT molecular complexity index is 383. The van der Waals surface area contributed by atoms with Crippen LogP contribution in [0.15, 0.2) is 6.07 Å². The average molecular weight is 283 g/mol. The Kier molecular flexibility index (Phi) is 5.82. The Labute approximate surface area is 120 Å². The standard InChI is InChI=1S/C15H25NO2S/c1-11(2)16-9-15-8-13(12(3)19-15)10-18-14-4-6-17-7-5-14/h8,11,14,16H,4-7,9-10H2,1-3H3. The molecule has 0 aliphatic carbocycles. The fraction of sp³-hybridized carbons (Fsp3) is 0.733. The lowest BCUT2D eigenvalue weighted by Crippen LogP contribution is -2.23. The summed E-state index contributed by atoms with van der Waals surface area (Å²) in [5.41, 5.74) is 1.34. The average Bonchev–Trinajstić information content (AvgIpc) is 2.76. The quantitative estimate of drug-likeness (QED) is 0.869. The summed E-state index contributed by atoms with van der Waals surface area (Å²) in [4.78, 5) is 2.78. The smallest absolute Gasteiger partial charge is 0.0731 e. The maximum absolute atomic E-state index is 6.00. The van der Waals surface area contributed by atoms with Crippen LogP contribution in [-0.4, -0.2) is 25.4 Å². The van der Waals surface area contributed by atoms with Gasteiger partial charge in [-0.2, -0.15) is 0 Å². The second-order valence-electron chi connectivity index (χ2n) is 5.45. The van der Waals surface area contributed by atoms with Gasteiger partial charge in [0.05, 0.1) is 12.7 Å². The molecule has 0 saturated carbocycles. The predicted octanol–water partition coefficient (Wildman–Crippen LogP) is 3.25. The normalized spacial score (nSPS) is 17.3. The van der Waals surface area contributed by atoms with Crippen LogP contribution in [0.1, 0.15) is 42.0 Å². The molecule has 1 saturated heterocycles. The summed E-state index contributed by atoms with van der Waals surface area (Å²) >= 11 is 1.88. The van der Waals surface area contributed by atoms with Crippen LogP contribution in [0, 0.1) is 6.92 Å². The first-order valence-electron chi connectivity index (χ1n) is 7.16. The summed E-state index contributed by atoms with van der Waals surface area (Å²) < 4.78 is 11.3. The van der Waals surface area contributed by atoms with Gasteiger partial charge in [-0.1, -0.05) is 13.8 Å². The number of thiophene rings is 1. The molecule has 1 N–H and O–H groups in total. The van der Waals surface area contributed by atoms with E-state index in [1.165, 1.54) is 15.3 Å². The Morgan fingerprint density at radius 1 is 1.42 bits per heavy atom. The lowest BCUT2D eigenvalue weighted by Gasteiger charge is -2.22. The van der Waals surface area contributed by atoms with E-state index in [1.54, 1.807) is 0 Å². The van der Waals surface area contributed by atoms with Crippen molar-refractivity contribution in [1.82, 2.24) is 5.32 Å². The topological polar surface area (TPSA) is 30.5 Å². The molecule has 1 aliphatic heterocycles. The van der Waals surface area contributed by atoms with Crippen molar-refractivity contribution in [3.63, 3.8) is 0 Å². The van der Waals surface area contributed by atoms with E-state index in [0.29, 0.717) is 12.1 Å². The van der Waals surface area contributed by atoms with Crippen molar-refractivity contribution in [2.45, 2.75) is 58.9 Å². The van der Waals surface area contributed by atoms with Gasteiger partial charge in [0, 0.05) is 35.6 Å². The molecule has 1 aliphatic rings. The summed E-state index contributed by atoms with van der Waals surface area (Å²) in [6.45, 7) is 9.93. The molecule has 0 radical (unpaired) electrons. The predicted molar refractivity (Wildman–Crippen MR) is 79.7 cm³/mol. The van der Waals surface area contributed by atoms with Crippen LogP contribution in [0.4, 0.5) is 0 Å². The zero-order chi connectivity index (χ0) is 13.7. The summed E-state index contributed by atoms with van der Waals surface area (Å²) in [5, 5.41) is 3.46. The SMILES string of the molecule is Cc1sc(CNC(C)C)cc1COC1CCOCC1. The third-order valence-corrected chi connectivity index (χ3v) is 4.49. The van der Waals surface area contributed by atoms with Crippen LogP contribution in [0.25, 0.3) is 0 Å². The molecule has 2 heterocycles. The van der Waals surface area contributed by atoms with E-state index in [2.05, 4.69) is 32.2 Å². The lowest BCUT2D eigenvalue weighted by molar-refractivity contribution is -0.0390. The highest BCUT2D eigenvalue weighted by atomic mass is 32.1. The van der Waals surface area contributed by atoms with Gasteiger partial charge in [-0.05, 0) is 31.4 Å². The molecule has 108 valence electrons. The molecular formula is C15H25NO2S. The third kappa shape index (κ3) is 4.88. The van der Waals surface area contributed by atoms with Gasteiger partial charge >= 0.3 is 0 Å². The van der Waals surface area contributed by atoms with E-state index in [0.717, 1.165) is 39.2 Å². The molecule has 0 amide bonds. The Balaban J connectivity index is 1.82. The van der Waals surface area contributed by atoms with Crippen LogP contribution in [-0.2, 0) is 22.6 Å². The van der Waals surface area contributed by atoms with Gasteiger partial charge in [0.2, 0.25) is 0 Å². The molecule has 4 heteroatoms. The molecule has 2 rings (SSSR count). The fourth-order valence-corrected chi connectivity index (χ4v) is 3.17. The number of hydrogen-bond donors (Lipinski definition) is 1. The Morgan fingerprint density at radius 2 is 2.16 bits per heavy atom. The highest BCUT2D eigenvalue weighted by Gasteiger charge is 2.15. The van der Waals surface area contributed by atoms with Crippen molar-refractivity contribution >= 4 is 11.3 Å². The molecule has 0 spiro atoms. The van der Waals surface area contributed by atoms with Gasteiger partial charge in [0.25, 0.3) is 0 Å². The number of rotatable bonds is 6. The first kappa shape index (κ1) is 15.0. The molecule has 0 aromatic carbocycles. The summed E-state index contributed by atoms with van der Waals surface area (Å²) in [6.07, 6.45) is 2.45. The van der Waals surface area contributed by atoms with Crippen molar-refractivity contribution in [3.8, 4) is 0 Å². The summed E-state index contributed by atoms with van der Waals surface area (Å²) in [6, 6.07) is 2.82. The Morgan fingerprint density at radius 3 is 2.84 bits per heavy atom. The van der Waals surface area contributed by atoms with Crippen LogP contribution < -0.4 is 5.32 Å². The third-order valence-electron chi connectivity index (χ3n) is 3.40. The van der Waals surface area contributed by atoms with Crippen LogP contribution in [0.5, 0.6) is 0 Å². The number of hydrogen-bond acceptors (Lipinski definition) is 4. The van der Waals surface area contributed by atoms with Gasteiger partial charge in [-0.25, -0.2) is 0 Å². The zero-order valence-electron chi connectivity index (χ0n) is 12.2. The summed E-state index contributed by atoms with van der Waals surface area (Å²) in [7, 11) is 0. The minimum Gasteiger partial charge on any atom is -0.381 e. The van der Waals surface area contributed by atoms with Crippen LogP contribution in [0.3, 0.4) is 0 Å². The van der Waals surface area contributed by atoms with E-state index < -0.39 is 0 Å². The van der Waals surface area contributed by atoms with Crippen molar-refractivity contribution in [2.24, 2.45) is 0 Å². The first-order chi connectivity index (χ1) is 9.15. The molecule has 1 fully saturated rings. The fourth-order valence-electron chi connectivity index (χ4n) is 2.17. The molecule has 0 atom stereocenters. The van der Waals surface area contributed by atoms with E-state index in [4.69, 9.17) is 9.47 Å². The number of aryl methyl sites for hydroxylation is 1. The molecule has 19 heavy (non-hydrogen) atoms. The molecular weight excluding hydrogens is 258 g/mol. The largest absolute Gasteiger partial charge is 0.381 e. The molecule has 0 unspecified atom stereocenters. The molecule has 1 aromatic rings. The maximum Gasteiger partial charge on any atom is 0.0731 e. The zero-order valence-corrected chi connectivity index (χ0v) is 13.0. The van der Waals surface area contributed by atoms with Gasteiger partial charge in [-0.3, -0.25) is 0 Å². The highest BCUT2D eigenvalue weighted by molar-refractivity contribution is 7.12. The lowest BCUT2D eigenvalue weighted by atomic mass is 10.1. The van der Waals surface area contributed by atoms with E-state index in [9.17, 15) is 0 Å². The van der Waals surface area contributed by atoms with Gasteiger partial charge in [0.15, 0.2) is 0 Å². The van der Waals surface area contributed by atoms with Gasteiger partial charge in [-0.15, -0.1) is 11.3 Å². The minimum absolute atomic E-state index is 0.380. The first-order valence-corrected chi connectivity index (χ1v) is 7.97. The summed E-state index contributed by atoms with van der Waals surface area (Å²) in [5.74, 6) is 0. The van der Waals surface area contributed by atoms with Crippen molar-refractivity contribution in [3.05, 3.63) is 21.4 Å². The van der Waals surface area contributed by atoms with Gasteiger partial charge < -0.3 is 14.8 Å². The van der Waals surface area contributed by atoms with Crippen LogP contribution in [0.2, 0.25) is 0 Å².